The molecular weight excluding hydrogens is 338 g/mol. The SMILES string of the molecule is NC(=O)COc1ccc(S(=O)(=O)Nc2cccc([N+](=O)[O-])c2)cc1. The van der Waals surface area contributed by atoms with E-state index in [2.05, 4.69) is 4.72 Å². The van der Waals surface area contributed by atoms with Gasteiger partial charge in [-0.25, -0.2) is 8.42 Å². The molecule has 0 saturated carbocycles. The highest BCUT2D eigenvalue weighted by Crippen LogP contribution is 2.22. The summed E-state index contributed by atoms with van der Waals surface area (Å²) in [7, 11) is -3.92. The van der Waals surface area contributed by atoms with E-state index in [1.54, 1.807) is 0 Å². The van der Waals surface area contributed by atoms with Crippen LogP contribution in [0.4, 0.5) is 11.4 Å². The Morgan fingerprint density at radius 2 is 1.88 bits per heavy atom. The monoisotopic (exact) mass is 351 g/mol. The number of sulfonamides is 1. The van der Waals surface area contributed by atoms with Crippen molar-refractivity contribution in [2.75, 3.05) is 11.3 Å². The molecule has 1 amide bonds. The molecule has 0 aliphatic heterocycles. The van der Waals surface area contributed by atoms with Crippen LogP contribution in [0.15, 0.2) is 53.4 Å². The normalized spacial score (nSPS) is 10.8. The van der Waals surface area contributed by atoms with Gasteiger partial charge in [0.2, 0.25) is 0 Å². The molecule has 2 rings (SSSR count). The van der Waals surface area contributed by atoms with Gasteiger partial charge in [0.05, 0.1) is 15.5 Å². The largest absolute Gasteiger partial charge is 0.484 e. The summed E-state index contributed by atoms with van der Waals surface area (Å²) < 4.78 is 31.8. The molecule has 0 aromatic heterocycles. The molecule has 3 N–H and O–H groups in total. The number of benzene rings is 2. The number of anilines is 1. The first-order valence-electron chi connectivity index (χ1n) is 6.56. The maximum absolute atomic E-state index is 12.3. The molecule has 0 heterocycles. The number of nitrogens with zero attached hydrogens (tertiary/aromatic N) is 1. The van der Waals surface area contributed by atoms with Crippen LogP contribution in [0.3, 0.4) is 0 Å². The summed E-state index contributed by atoms with van der Waals surface area (Å²) in [5.41, 5.74) is 4.78. The van der Waals surface area contributed by atoms with Crippen LogP contribution in [0.5, 0.6) is 5.75 Å². The fourth-order valence-corrected chi connectivity index (χ4v) is 2.82. The zero-order valence-corrected chi connectivity index (χ0v) is 13.0. The molecule has 10 heteroatoms. The van der Waals surface area contributed by atoms with Gasteiger partial charge in [-0.15, -0.1) is 0 Å². The van der Waals surface area contributed by atoms with E-state index in [4.69, 9.17) is 10.5 Å². The molecule has 126 valence electrons. The van der Waals surface area contributed by atoms with Gasteiger partial charge < -0.3 is 10.5 Å². The van der Waals surface area contributed by atoms with Crippen molar-refractivity contribution in [2.45, 2.75) is 4.90 Å². The van der Waals surface area contributed by atoms with Gasteiger partial charge in [0.1, 0.15) is 5.75 Å². The van der Waals surface area contributed by atoms with E-state index in [-0.39, 0.29) is 28.6 Å². The lowest BCUT2D eigenvalue weighted by Crippen LogP contribution is -2.20. The van der Waals surface area contributed by atoms with Crippen molar-refractivity contribution < 1.29 is 22.9 Å². The zero-order chi connectivity index (χ0) is 17.7. The Labute approximate surface area is 137 Å². The minimum absolute atomic E-state index is 0.0678. The van der Waals surface area contributed by atoms with E-state index >= 15 is 0 Å². The van der Waals surface area contributed by atoms with Crippen molar-refractivity contribution >= 4 is 27.3 Å². The van der Waals surface area contributed by atoms with Crippen LogP contribution in [-0.4, -0.2) is 25.9 Å². The smallest absolute Gasteiger partial charge is 0.271 e. The summed E-state index contributed by atoms with van der Waals surface area (Å²) in [4.78, 5) is 20.6. The number of carbonyl (C=O) groups excluding carboxylic acids is 1. The average Bonchev–Trinajstić information content (AvgIpc) is 2.53. The van der Waals surface area contributed by atoms with Crippen LogP contribution in [0, 0.1) is 10.1 Å². The number of hydrogen-bond acceptors (Lipinski definition) is 6. The molecule has 0 saturated heterocycles. The molecule has 0 aliphatic carbocycles. The van der Waals surface area contributed by atoms with Gasteiger partial charge >= 0.3 is 0 Å². The van der Waals surface area contributed by atoms with E-state index in [1.165, 1.54) is 42.5 Å². The third-order valence-corrected chi connectivity index (χ3v) is 4.22. The van der Waals surface area contributed by atoms with Crippen LogP contribution < -0.4 is 15.2 Å². The quantitative estimate of drug-likeness (QED) is 0.568. The predicted molar refractivity (Wildman–Crippen MR) is 85.0 cm³/mol. The molecule has 2 aromatic carbocycles. The number of amides is 1. The van der Waals surface area contributed by atoms with Crippen molar-refractivity contribution in [1.29, 1.82) is 0 Å². The summed E-state index contributed by atoms with van der Waals surface area (Å²) in [6.45, 7) is -0.321. The first kappa shape index (κ1) is 17.2. The summed E-state index contributed by atoms with van der Waals surface area (Å²) in [6, 6.07) is 10.4. The Morgan fingerprint density at radius 3 is 2.46 bits per heavy atom. The van der Waals surface area contributed by atoms with Gasteiger partial charge in [0.25, 0.3) is 21.6 Å². The van der Waals surface area contributed by atoms with Crippen molar-refractivity contribution in [2.24, 2.45) is 5.73 Å². The Kier molecular flexibility index (Phi) is 4.99. The lowest BCUT2D eigenvalue weighted by molar-refractivity contribution is -0.384. The highest BCUT2D eigenvalue weighted by atomic mass is 32.2. The number of nitro benzene ring substituents is 1. The van der Waals surface area contributed by atoms with E-state index in [1.807, 2.05) is 0 Å². The number of carbonyl (C=O) groups is 1. The zero-order valence-electron chi connectivity index (χ0n) is 12.2. The molecule has 0 spiro atoms. The molecule has 2 aromatic rings. The average molecular weight is 351 g/mol. The Hall–Kier alpha value is -3.14. The highest BCUT2D eigenvalue weighted by Gasteiger charge is 2.16. The van der Waals surface area contributed by atoms with Crippen LogP contribution in [-0.2, 0) is 14.8 Å². The van der Waals surface area contributed by atoms with Gasteiger partial charge in [0, 0.05) is 12.1 Å². The molecule has 0 unspecified atom stereocenters. The lowest BCUT2D eigenvalue weighted by atomic mass is 10.3. The third kappa shape index (κ3) is 4.43. The fourth-order valence-electron chi connectivity index (χ4n) is 1.77. The second kappa shape index (κ2) is 6.96. The molecule has 0 radical (unpaired) electrons. The minimum atomic E-state index is -3.92. The molecule has 0 bridgehead atoms. The van der Waals surface area contributed by atoms with Crippen molar-refractivity contribution in [3.05, 3.63) is 58.6 Å². The second-order valence-corrected chi connectivity index (χ2v) is 6.32. The summed E-state index contributed by atoms with van der Waals surface area (Å²) in [6.07, 6.45) is 0. The van der Waals surface area contributed by atoms with E-state index in [0.717, 1.165) is 6.07 Å². The van der Waals surface area contributed by atoms with Gasteiger partial charge in [-0.3, -0.25) is 19.6 Å². The summed E-state index contributed by atoms with van der Waals surface area (Å²) >= 11 is 0. The molecule has 0 fully saturated rings. The van der Waals surface area contributed by atoms with Gasteiger partial charge in [-0.2, -0.15) is 0 Å². The van der Waals surface area contributed by atoms with Gasteiger partial charge in [-0.1, -0.05) is 6.07 Å². The van der Waals surface area contributed by atoms with Crippen LogP contribution in [0.1, 0.15) is 0 Å². The fraction of sp³-hybridized carbons (Fsp3) is 0.0714. The number of rotatable bonds is 7. The Bertz CT molecular complexity index is 864. The van der Waals surface area contributed by atoms with E-state index in [0.29, 0.717) is 0 Å². The number of ether oxygens (including phenoxy) is 1. The number of hydrogen-bond donors (Lipinski definition) is 2. The molecule has 0 aliphatic rings. The first-order valence-corrected chi connectivity index (χ1v) is 8.05. The first-order chi connectivity index (χ1) is 11.3. The summed E-state index contributed by atoms with van der Waals surface area (Å²) in [5, 5.41) is 10.7. The highest BCUT2D eigenvalue weighted by molar-refractivity contribution is 7.92. The Balaban J connectivity index is 2.16. The number of primary amides is 1. The van der Waals surface area contributed by atoms with Crippen molar-refractivity contribution in [3.8, 4) is 5.75 Å². The van der Waals surface area contributed by atoms with E-state index < -0.39 is 20.9 Å². The predicted octanol–water partition coefficient (Wildman–Crippen LogP) is 1.26. The van der Waals surface area contributed by atoms with Gasteiger partial charge in [-0.05, 0) is 30.3 Å². The second-order valence-electron chi connectivity index (χ2n) is 4.64. The Morgan fingerprint density at radius 1 is 1.21 bits per heavy atom. The minimum Gasteiger partial charge on any atom is -0.484 e. The lowest BCUT2D eigenvalue weighted by Gasteiger charge is -2.09. The summed E-state index contributed by atoms with van der Waals surface area (Å²) in [5.74, 6) is -0.373. The maximum Gasteiger partial charge on any atom is 0.271 e. The molecule has 0 atom stereocenters. The molecule has 24 heavy (non-hydrogen) atoms. The van der Waals surface area contributed by atoms with Crippen molar-refractivity contribution in [3.63, 3.8) is 0 Å². The third-order valence-electron chi connectivity index (χ3n) is 2.82. The number of non-ortho nitro benzene ring substituents is 1. The standard InChI is InChI=1S/C14H13N3O6S/c15-14(18)9-23-12-4-6-13(7-5-12)24(21,22)16-10-2-1-3-11(8-10)17(19)20/h1-8,16H,9H2,(H2,15,18). The number of nitrogens with two attached hydrogens (primary N) is 1. The van der Waals surface area contributed by atoms with Gasteiger partial charge in [0.15, 0.2) is 6.61 Å². The van der Waals surface area contributed by atoms with Crippen LogP contribution >= 0.6 is 0 Å². The topological polar surface area (TPSA) is 142 Å². The number of nitrogens with one attached hydrogen (secondary N) is 1. The van der Waals surface area contributed by atoms with Crippen molar-refractivity contribution in [1.82, 2.24) is 0 Å². The number of nitro groups is 1. The van der Waals surface area contributed by atoms with Crippen LogP contribution in [0.25, 0.3) is 0 Å². The maximum atomic E-state index is 12.3. The molecule has 9 nitrogen and oxygen atoms in total. The molecular formula is C14H13N3O6S. The van der Waals surface area contributed by atoms with E-state index in [9.17, 15) is 23.3 Å². The van der Waals surface area contributed by atoms with Crippen LogP contribution in [0.2, 0.25) is 0 Å².